The quantitative estimate of drug-likeness (QED) is 0.847. The Hall–Kier alpha value is -1.59. The predicted molar refractivity (Wildman–Crippen MR) is 78.6 cm³/mol. The summed E-state index contributed by atoms with van der Waals surface area (Å²) in [5.41, 5.74) is 7.18. The topological polar surface area (TPSA) is 67.6 Å². The fourth-order valence-corrected chi connectivity index (χ4v) is 2.69. The van der Waals surface area contributed by atoms with Crippen molar-refractivity contribution in [2.75, 3.05) is 33.3 Å². The second kappa shape index (κ2) is 7.26. The van der Waals surface area contributed by atoms with Gasteiger partial charge in [-0.05, 0) is 12.0 Å². The average Bonchev–Trinajstić information content (AvgIpc) is 2.92. The maximum atomic E-state index is 11.2. The lowest BCUT2D eigenvalue weighted by Crippen LogP contribution is -2.38. The van der Waals surface area contributed by atoms with Gasteiger partial charge in [0.15, 0.2) is 0 Å². The molecule has 1 fully saturated rings. The number of nitrogens with one attached hydrogen (secondary N) is 1. The van der Waals surface area contributed by atoms with E-state index in [4.69, 9.17) is 5.73 Å². The molecule has 1 aliphatic rings. The third kappa shape index (κ3) is 3.95. The van der Waals surface area contributed by atoms with Gasteiger partial charge in [0.2, 0.25) is 0 Å². The zero-order chi connectivity index (χ0) is 14.4. The lowest BCUT2D eigenvalue weighted by atomic mass is 9.99. The maximum Gasteiger partial charge on any atom is 0.407 e. The van der Waals surface area contributed by atoms with Gasteiger partial charge in [0.05, 0.1) is 7.11 Å². The number of methoxy groups -OCH3 is 1. The molecule has 5 nitrogen and oxygen atoms in total. The minimum atomic E-state index is -0.352. The lowest BCUT2D eigenvalue weighted by molar-refractivity contribution is 0.166. The van der Waals surface area contributed by atoms with Crippen molar-refractivity contribution in [3.05, 3.63) is 35.9 Å². The van der Waals surface area contributed by atoms with Crippen molar-refractivity contribution in [1.29, 1.82) is 0 Å². The molecule has 3 N–H and O–H groups in total. The molecule has 5 heteroatoms. The Morgan fingerprint density at radius 3 is 2.90 bits per heavy atom. The van der Waals surface area contributed by atoms with E-state index in [2.05, 4.69) is 27.1 Å². The summed E-state index contributed by atoms with van der Waals surface area (Å²) >= 11 is 0. The van der Waals surface area contributed by atoms with E-state index in [1.165, 1.54) is 12.7 Å². The molecule has 1 amide bonds. The van der Waals surface area contributed by atoms with Gasteiger partial charge in [0, 0.05) is 38.1 Å². The SMILES string of the molecule is COC(=O)NC1CCN(CC(CN)c2ccccc2)C1. The first kappa shape index (κ1) is 14.8. The minimum Gasteiger partial charge on any atom is -0.453 e. The van der Waals surface area contributed by atoms with E-state index >= 15 is 0 Å². The predicted octanol–water partition coefficient (Wildman–Crippen LogP) is 1.16. The van der Waals surface area contributed by atoms with Crippen LogP contribution in [0.15, 0.2) is 30.3 Å². The number of alkyl carbamates (subject to hydrolysis) is 1. The van der Waals surface area contributed by atoms with E-state index < -0.39 is 0 Å². The highest BCUT2D eigenvalue weighted by Crippen LogP contribution is 2.19. The highest BCUT2D eigenvalue weighted by Gasteiger charge is 2.26. The highest BCUT2D eigenvalue weighted by molar-refractivity contribution is 5.67. The summed E-state index contributed by atoms with van der Waals surface area (Å²) in [5, 5.41) is 2.86. The minimum absolute atomic E-state index is 0.177. The molecule has 20 heavy (non-hydrogen) atoms. The van der Waals surface area contributed by atoms with E-state index in [1.807, 2.05) is 18.2 Å². The first-order valence-corrected chi connectivity index (χ1v) is 7.04. The number of nitrogens with two attached hydrogens (primary N) is 1. The molecule has 2 rings (SSSR count). The van der Waals surface area contributed by atoms with Gasteiger partial charge in [-0.3, -0.25) is 0 Å². The summed E-state index contributed by atoms with van der Waals surface area (Å²) in [6.45, 7) is 3.41. The fraction of sp³-hybridized carbons (Fsp3) is 0.533. The first-order valence-electron chi connectivity index (χ1n) is 7.04. The van der Waals surface area contributed by atoms with Crippen LogP contribution in [0.5, 0.6) is 0 Å². The van der Waals surface area contributed by atoms with Gasteiger partial charge in [0.25, 0.3) is 0 Å². The average molecular weight is 277 g/mol. The molecular weight excluding hydrogens is 254 g/mol. The number of hydrogen-bond acceptors (Lipinski definition) is 4. The molecule has 2 atom stereocenters. The van der Waals surface area contributed by atoms with Crippen molar-refractivity contribution < 1.29 is 9.53 Å². The molecule has 2 unspecified atom stereocenters. The van der Waals surface area contributed by atoms with Gasteiger partial charge in [0.1, 0.15) is 0 Å². The molecule has 0 spiro atoms. The van der Waals surface area contributed by atoms with E-state index in [1.54, 1.807) is 0 Å². The third-order valence-electron chi connectivity index (χ3n) is 3.81. The van der Waals surface area contributed by atoms with Crippen molar-refractivity contribution in [3.8, 4) is 0 Å². The monoisotopic (exact) mass is 277 g/mol. The molecule has 0 radical (unpaired) electrons. The Kier molecular flexibility index (Phi) is 5.38. The Bertz CT molecular complexity index is 424. The van der Waals surface area contributed by atoms with Crippen LogP contribution in [0.2, 0.25) is 0 Å². The number of nitrogens with zero attached hydrogens (tertiary/aromatic N) is 1. The smallest absolute Gasteiger partial charge is 0.407 e. The van der Waals surface area contributed by atoms with Crippen LogP contribution in [-0.2, 0) is 4.74 Å². The lowest BCUT2D eigenvalue weighted by Gasteiger charge is -2.23. The number of benzene rings is 1. The van der Waals surface area contributed by atoms with E-state index in [-0.39, 0.29) is 12.1 Å². The Labute approximate surface area is 120 Å². The Morgan fingerprint density at radius 1 is 1.50 bits per heavy atom. The summed E-state index contributed by atoms with van der Waals surface area (Å²) in [6.07, 6.45) is 0.608. The Morgan fingerprint density at radius 2 is 2.25 bits per heavy atom. The summed E-state index contributed by atoms with van der Waals surface area (Å²) in [4.78, 5) is 13.6. The van der Waals surface area contributed by atoms with Crippen LogP contribution in [0.25, 0.3) is 0 Å². The van der Waals surface area contributed by atoms with Gasteiger partial charge in [-0.25, -0.2) is 4.79 Å². The summed E-state index contributed by atoms with van der Waals surface area (Å²) in [5.74, 6) is 0.341. The van der Waals surface area contributed by atoms with Gasteiger partial charge in [-0.15, -0.1) is 0 Å². The number of carbonyl (C=O) groups excluding carboxylic acids is 1. The molecule has 1 aliphatic heterocycles. The number of ether oxygens (including phenoxy) is 1. The summed E-state index contributed by atoms with van der Waals surface area (Å²) in [7, 11) is 1.39. The van der Waals surface area contributed by atoms with Crippen molar-refractivity contribution >= 4 is 6.09 Å². The van der Waals surface area contributed by atoms with Crippen molar-refractivity contribution in [2.45, 2.75) is 18.4 Å². The largest absolute Gasteiger partial charge is 0.453 e. The molecule has 0 saturated carbocycles. The van der Waals surface area contributed by atoms with Crippen LogP contribution in [0.4, 0.5) is 4.79 Å². The standard InChI is InChI=1S/C15H23N3O2/c1-20-15(19)17-14-7-8-18(11-14)10-13(9-16)12-5-3-2-4-6-12/h2-6,13-14H,7-11,16H2,1H3,(H,17,19). The van der Waals surface area contributed by atoms with E-state index in [9.17, 15) is 4.79 Å². The van der Waals surface area contributed by atoms with Crippen LogP contribution < -0.4 is 11.1 Å². The molecule has 0 aromatic heterocycles. The fourth-order valence-electron chi connectivity index (χ4n) is 2.69. The van der Waals surface area contributed by atoms with Gasteiger partial charge < -0.3 is 20.7 Å². The number of rotatable bonds is 5. The molecule has 0 aliphatic carbocycles. The molecule has 110 valence electrons. The van der Waals surface area contributed by atoms with Gasteiger partial charge >= 0.3 is 6.09 Å². The molecule has 1 aromatic carbocycles. The Balaban J connectivity index is 1.86. The second-order valence-electron chi connectivity index (χ2n) is 5.22. The molecule has 1 aromatic rings. The van der Waals surface area contributed by atoms with Crippen molar-refractivity contribution in [2.24, 2.45) is 5.73 Å². The normalized spacial score (nSPS) is 20.6. The number of amides is 1. The zero-order valence-electron chi connectivity index (χ0n) is 11.9. The highest BCUT2D eigenvalue weighted by atomic mass is 16.5. The van der Waals surface area contributed by atoms with Crippen LogP contribution in [0, 0.1) is 0 Å². The second-order valence-corrected chi connectivity index (χ2v) is 5.22. The number of likely N-dealkylation sites (tertiary alicyclic amines) is 1. The number of carbonyl (C=O) groups is 1. The van der Waals surface area contributed by atoms with Crippen LogP contribution >= 0.6 is 0 Å². The molecule has 1 saturated heterocycles. The molecule has 0 bridgehead atoms. The van der Waals surface area contributed by atoms with Crippen LogP contribution in [-0.4, -0.2) is 50.3 Å². The van der Waals surface area contributed by atoms with Crippen molar-refractivity contribution in [3.63, 3.8) is 0 Å². The van der Waals surface area contributed by atoms with E-state index in [0.717, 1.165) is 26.1 Å². The summed E-state index contributed by atoms with van der Waals surface area (Å²) in [6, 6.07) is 10.5. The van der Waals surface area contributed by atoms with Crippen LogP contribution in [0.3, 0.4) is 0 Å². The van der Waals surface area contributed by atoms with Gasteiger partial charge in [-0.2, -0.15) is 0 Å². The summed E-state index contributed by atoms with van der Waals surface area (Å²) < 4.78 is 4.63. The first-order chi connectivity index (χ1) is 9.72. The van der Waals surface area contributed by atoms with Gasteiger partial charge in [-0.1, -0.05) is 30.3 Å². The zero-order valence-corrected chi connectivity index (χ0v) is 11.9. The van der Waals surface area contributed by atoms with Crippen LogP contribution in [0.1, 0.15) is 17.9 Å². The van der Waals surface area contributed by atoms with Crippen molar-refractivity contribution in [1.82, 2.24) is 10.2 Å². The third-order valence-corrected chi connectivity index (χ3v) is 3.81. The number of hydrogen-bond donors (Lipinski definition) is 2. The molecule has 1 heterocycles. The van der Waals surface area contributed by atoms with E-state index in [0.29, 0.717) is 12.5 Å². The maximum absolute atomic E-state index is 11.2. The molecular formula is C15H23N3O2.